The summed E-state index contributed by atoms with van der Waals surface area (Å²) in [5.74, 6) is -0.0508. The van der Waals surface area contributed by atoms with Crippen molar-refractivity contribution in [1.82, 2.24) is 14.9 Å². The van der Waals surface area contributed by atoms with E-state index in [-0.39, 0.29) is 18.0 Å². The van der Waals surface area contributed by atoms with Crippen molar-refractivity contribution in [3.63, 3.8) is 0 Å². The molecule has 1 aliphatic heterocycles. The van der Waals surface area contributed by atoms with Crippen molar-refractivity contribution in [3.8, 4) is 0 Å². The molecule has 2 rings (SSSR count). The van der Waals surface area contributed by atoms with Crippen LogP contribution in [0.2, 0.25) is 0 Å². The van der Waals surface area contributed by atoms with Crippen LogP contribution in [0.1, 0.15) is 42.4 Å². The van der Waals surface area contributed by atoms with Crippen molar-refractivity contribution >= 4 is 5.91 Å². The van der Waals surface area contributed by atoms with Crippen LogP contribution >= 0.6 is 0 Å². The fourth-order valence-electron chi connectivity index (χ4n) is 2.52. The number of aryl methyl sites for hydroxylation is 1. The standard InChI is InChI=1S/C13H20N4O/c1-9-7-16-12(8-15-9)13(18)17-10(2)4-3-5-11(17)6-14/h7-8,10-11H,3-6,14H2,1-2H3. The predicted molar refractivity (Wildman–Crippen MR) is 69.1 cm³/mol. The average molecular weight is 248 g/mol. The van der Waals surface area contributed by atoms with Crippen LogP contribution in [0.4, 0.5) is 0 Å². The van der Waals surface area contributed by atoms with E-state index in [2.05, 4.69) is 16.9 Å². The largest absolute Gasteiger partial charge is 0.330 e. The average Bonchev–Trinajstić information content (AvgIpc) is 2.38. The molecule has 1 amide bonds. The molecule has 1 aliphatic rings. The summed E-state index contributed by atoms with van der Waals surface area (Å²) >= 11 is 0. The van der Waals surface area contributed by atoms with Crippen LogP contribution in [0.5, 0.6) is 0 Å². The van der Waals surface area contributed by atoms with E-state index in [1.54, 1.807) is 12.4 Å². The first kappa shape index (κ1) is 13.0. The van der Waals surface area contributed by atoms with Gasteiger partial charge < -0.3 is 10.6 Å². The van der Waals surface area contributed by atoms with E-state index in [0.29, 0.717) is 12.2 Å². The van der Waals surface area contributed by atoms with E-state index in [4.69, 9.17) is 5.73 Å². The lowest BCUT2D eigenvalue weighted by molar-refractivity contribution is 0.0487. The molecule has 2 unspecified atom stereocenters. The Labute approximate surface area is 107 Å². The number of hydrogen-bond acceptors (Lipinski definition) is 4. The van der Waals surface area contributed by atoms with Gasteiger partial charge in [0.25, 0.3) is 5.91 Å². The van der Waals surface area contributed by atoms with Gasteiger partial charge in [0.1, 0.15) is 5.69 Å². The van der Waals surface area contributed by atoms with Crippen molar-refractivity contribution in [2.24, 2.45) is 5.73 Å². The Morgan fingerprint density at radius 1 is 1.44 bits per heavy atom. The topological polar surface area (TPSA) is 72.1 Å². The summed E-state index contributed by atoms with van der Waals surface area (Å²) in [4.78, 5) is 22.6. The Balaban J connectivity index is 2.22. The van der Waals surface area contributed by atoms with Crippen LogP contribution in [0.3, 0.4) is 0 Å². The number of rotatable bonds is 2. The van der Waals surface area contributed by atoms with Gasteiger partial charge in [-0.25, -0.2) is 4.98 Å². The maximum atomic E-state index is 12.5. The number of nitrogens with zero attached hydrogens (tertiary/aromatic N) is 3. The fourth-order valence-corrected chi connectivity index (χ4v) is 2.52. The highest BCUT2D eigenvalue weighted by Gasteiger charge is 2.32. The molecule has 0 aromatic carbocycles. The van der Waals surface area contributed by atoms with Gasteiger partial charge in [0.2, 0.25) is 0 Å². The molecule has 1 fully saturated rings. The van der Waals surface area contributed by atoms with E-state index in [1.807, 2.05) is 11.8 Å². The molecule has 0 radical (unpaired) electrons. The first-order chi connectivity index (χ1) is 8.63. The van der Waals surface area contributed by atoms with Gasteiger partial charge in [-0.2, -0.15) is 0 Å². The number of likely N-dealkylation sites (tertiary alicyclic amines) is 1. The van der Waals surface area contributed by atoms with E-state index < -0.39 is 0 Å². The first-order valence-electron chi connectivity index (χ1n) is 6.45. The molecule has 1 aromatic rings. The fraction of sp³-hybridized carbons (Fsp3) is 0.615. The number of piperidine rings is 1. The van der Waals surface area contributed by atoms with E-state index in [9.17, 15) is 4.79 Å². The third-order valence-electron chi connectivity index (χ3n) is 3.53. The quantitative estimate of drug-likeness (QED) is 0.851. The number of hydrogen-bond donors (Lipinski definition) is 1. The summed E-state index contributed by atoms with van der Waals surface area (Å²) in [5, 5.41) is 0. The van der Waals surface area contributed by atoms with Gasteiger partial charge in [-0.05, 0) is 33.1 Å². The van der Waals surface area contributed by atoms with Gasteiger partial charge in [0.15, 0.2) is 0 Å². The third kappa shape index (κ3) is 2.51. The van der Waals surface area contributed by atoms with Gasteiger partial charge >= 0.3 is 0 Å². The van der Waals surface area contributed by atoms with E-state index >= 15 is 0 Å². The summed E-state index contributed by atoms with van der Waals surface area (Å²) in [6, 6.07) is 0.354. The highest BCUT2D eigenvalue weighted by atomic mass is 16.2. The summed E-state index contributed by atoms with van der Waals surface area (Å²) < 4.78 is 0. The lowest BCUT2D eigenvalue weighted by atomic mass is 9.96. The molecule has 0 saturated carbocycles. The second-order valence-electron chi connectivity index (χ2n) is 4.92. The van der Waals surface area contributed by atoms with Gasteiger partial charge in [0.05, 0.1) is 11.9 Å². The Morgan fingerprint density at radius 3 is 2.83 bits per heavy atom. The van der Waals surface area contributed by atoms with E-state index in [0.717, 1.165) is 25.0 Å². The molecule has 98 valence electrons. The van der Waals surface area contributed by atoms with Crippen LogP contribution in [0.25, 0.3) is 0 Å². The SMILES string of the molecule is Cc1cnc(C(=O)N2C(C)CCCC2CN)cn1. The van der Waals surface area contributed by atoms with Gasteiger partial charge in [0, 0.05) is 24.8 Å². The van der Waals surface area contributed by atoms with Crippen molar-refractivity contribution in [2.75, 3.05) is 6.54 Å². The minimum atomic E-state index is -0.0508. The monoisotopic (exact) mass is 248 g/mol. The summed E-state index contributed by atoms with van der Waals surface area (Å²) in [6.45, 7) is 4.43. The second kappa shape index (κ2) is 5.44. The molecule has 0 aliphatic carbocycles. The lowest BCUT2D eigenvalue weighted by Crippen LogP contribution is -2.52. The second-order valence-corrected chi connectivity index (χ2v) is 4.92. The molecular formula is C13H20N4O. The predicted octanol–water partition coefficient (Wildman–Crippen LogP) is 1.13. The van der Waals surface area contributed by atoms with Crippen LogP contribution in [0.15, 0.2) is 12.4 Å². The van der Waals surface area contributed by atoms with Crippen molar-refractivity contribution in [2.45, 2.75) is 45.2 Å². The molecule has 5 nitrogen and oxygen atoms in total. The Bertz CT molecular complexity index is 418. The zero-order valence-electron chi connectivity index (χ0n) is 11.0. The van der Waals surface area contributed by atoms with Crippen LogP contribution in [-0.2, 0) is 0 Å². The zero-order chi connectivity index (χ0) is 13.1. The number of amides is 1. The normalized spacial score (nSPS) is 24.1. The summed E-state index contributed by atoms with van der Waals surface area (Å²) in [7, 11) is 0. The minimum Gasteiger partial charge on any atom is -0.330 e. The number of carbonyl (C=O) groups is 1. The molecule has 0 bridgehead atoms. The van der Waals surface area contributed by atoms with E-state index in [1.165, 1.54) is 0 Å². The Morgan fingerprint density at radius 2 is 2.22 bits per heavy atom. The lowest BCUT2D eigenvalue weighted by Gasteiger charge is -2.40. The molecule has 2 atom stereocenters. The zero-order valence-corrected chi connectivity index (χ0v) is 11.0. The smallest absolute Gasteiger partial charge is 0.274 e. The highest BCUT2D eigenvalue weighted by Crippen LogP contribution is 2.23. The molecule has 1 saturated heterocycles. The maximum absolute atomic E-state index is 12.5. The first-order valence-corrected chi connectivity index (χ1v) is 6.45. The maximum Gasteiger partial charge on any atom is 0.274 e. The van der Waals surface area contributed by atoms with Gasteiger partial charge in [-0.15, -0.1) is 0 Å². The number of aromatic nitrogens is 2. The van der Waals surface area contributed by atoms with Crippen LogP contribution in [-0.4, -0.2) is 39.4 Å². The van der Waals surface area contributed by atoms with Crippen molar-refractivity contribution in [3.05, 3.63) is 23.8 Å². The highest BCUT2D eigenvalue weighted by molar-refractivity contribution is 5.92. The minimum absolute atomic E-state index is 0.0508. The van der Waals surface area contributed by atoms with Crippen LogP contribution < -0.4 is 5.73 Å². The number of nitrogens with two attached hydrogens (primary N) is 1. The Kier molecular flexibility index (Phi) is 3.91. The number of carbonyl (C=O) groups excluding carboxylic acids is 1. The van der Waals surface area contributed by atoms with Crippen molar-refractivity contribution < 1.29 is 4.79 Å². The van der Waals surface area contributed by atoms with Gasteiger partial charge in [-0.3, -0.25) is 9.78 Å². The van der Waals surface area contributed by atoms with Crippen molar-refractivity contribution in [1.29, 1.82) is 0 Å². The molecule has 5 heteroatoms. The molecular weight excluding hydrogens is 228 g/mol. The summed E-state index contributed by atoms with van der Waals surface area (Å²) in [6.07, 6.45) is 6.31. The summed E-state index contributed by atoms with van der Waals surface area (Å²) in [5.41, 5.74) is 6.99. The Hall–Kier alpha value is -1.49. The van der Waals surface area contributed by atoms with Gasteiger partial charge in [-0.1, -0.05) is 0 Å². The molecule has 18 heavy (non-hydrogen) atoms. The third-order valence-corrected chi connectivity index (χ3v) is 3.53. The molecule has 2 N–H and O–H groups in total. The molecule has 2 heterocycles. The van der Waals surface area contributed by atoms with Crippen LogP contribution in [0, 0.1) is 6.92 Å². The molecule has 0 spiro atoms. The molecule has 1 aromatic heterocycles.